The maximum Gasteiger partial charge on any atom is 0.291 e. The van der Waals surface area contributed by atoms with Crippen LogP contribution in [0.4, 0.5) is 5.69 Å². The number of hydrogen-bond donors (Lipinski definition) is 1. The van der Waals surface area contributed by atoms with Gasteiger partial charge in [0.2, 0.25) is 0 Å². The fraction of sp³-hybridized carbons (Fsp3) is 0.714. The van der Waals surface area contributed by atoms with E-state index in [2.05, 4.69) is 24.3 Å². The Morgan fingerprint density at radius 3 is 3.00 bits per heavy atom. The summed E-state index contributed by atoms with van der Waals surface area (Å²) in [5.41, 5.74) is 0.399. The molecule has 0 bridgehead atoms. The number of rotatable bonds is 8. The maximum absolute atomic E-state index is 12.4. The molecule has 1 atom stereocenters. The minimum Gasteiger partial charge on any atom is -0.377 e. The molecule has 0 aliphatic heterocycles. The van der Waals surface area contributed by atoms with Gasteiger partial charge in [-0.3, -0.25) is 4.79 Å². The second-order valence-electron chi connectivity index (χ2n) is 5.33. The zero-order valence-corrected chi connectivity index (χ0v) is 13.6. The van der Waals surface area contributed by atoms with Crippen molar-refractivity contribution in [2.24, 2.45) is 5.92 Å². The molecule has 0 saturated heterocycles. The second-order valence-corrected chi connectivity index (χ2v) is 7.13. The van der Waals surface area contributed by atoms with Crippen LogP contribution in [0.1, 0.15) is 33.1 Å². The van der Waals surface area contributed by atoms with E-state index in [-0.39, 0.29) is 11.6 Å². The van der Waals surface area contributed by atoms with E-state index in [1.54, 1.807) is 10.9 Å². The minimum atomic E-state index is -0.0978. The molecular weight excluding hydrogens is 294 g/mol. The second kappa shape index (κ2) is 7.36. The monoisotopic (exact) mass is 315 g/mol. The SMILES string of the molecule is CCSCCC(C)Nc1c(Cl)cnn(CC2CC2)c1=O. The Labute approximate surface area is 129 Å². The fourth-order valence-electron chi connectivity index (χ4n) is 2.00. The van der Waals surface area contributed by atoms with E-state index < -0.39 is 0 Å². The van der Waals surface area contributed by atoms with Crippen LogP contribution in [0.25, 0.3) is 0 Å². The standard InChI is InChI=1S/C14H22ClN3OS/c1-3-20-7-6-10(2)17-13-12(15)8-16-18(14(13)19)9-11-4-5-11/h8,10-11,17H,3-7,9H2,1-2H3. The fourth-order valence-corrected chi connectivity index (χ4v) is 2.99. The average molecular weight is 316 g/mol. The molecule has 2 rings (SSSR count). The smallest absolute Gasteiger partial charge is 0.291 e. The van der Waals surface area contributed by atoms with Gasteiger partial charge in [0, 0.05) is 12.6 Å². The van der Waals surface area contributed by atoms with Gasteiger partial charge in [0.05, 0.1) is 11.2 Å². The zero-order chi connectivity index (χ0) is 14.5. The summed E-state index contributed by atoms with van der Waals surface area (Å²) < 4.78 is 1.54. The summed E-state index contributed by atoms with van der Waals surface area (Å²) in [4.78, 5) is 12.4. The third-order valence-corrected chi connectivity index (χ3v) is 4.63. The summed E-state index contributed by atoms with van der Waals surface area (Å²) in [5.74, 6) is 2.83. The van der Waals surface area contributed by atoms with Gasteiger partial charge in [-0.2, -0.15) is 16.9 Å². The lowest BCUT2D eigenvalue weighted by atomic mass is 10.2. The van der Waals surface area contributed by atoms with Gasteiger partial charge >= 0.3 is 0 Å². The van der Waals surface area contributed by atoms with Crippen molar-refractivity contribution >= 4 is 29.1 Å². The van der Waals surface area contributed by atoms with Gasteiger partial charge in [0.15, 0.2) is 0 Å². The molecule has 1 heterocycles. The molecule has 0 radical (unpaired) electrons. The summed E-state index contributed by atoms with van der Waals surface area (Å²) in [7, 11) is 0. The van der Waals surface area contributed by atoms with Crippen LogP contribution >= 0.6 is 23.4 Å². The van der Waals surface area contributed by atoms with E-state index in [0.29, 0.717) is 23.2 Å². The first kappa shape index (κ1) is 15.7. The number of aromatic nitrogens is 2. The van der Waals surface area contributed by atoms with Crippen molar-refractivity contribution in [3.05, 3.63) is 21.6 Å². The van der Waals surface area contributed by atoms with Gasteiger partial charge in [-0.1, -0.05) is 18.5 Å². The number of thioether (sulfide) groups is 1. The highest BCUT2D eigenvalue weighted by atomic mass is 35.5. The molecule has 0 amide bonds. The number of hydrogen-bond acceptors (Lipinski definition) is 4. The van der Waals surface area contributed by atoms with Gasteiger partial charge in [-0.25, -0.2) is 4.68 Å². The molecule has 6 heteroatoms. The van der Waals surface area contributed by atoms with Crippen LogP contribution in [0, 0.1) is 5.92 Å². The third-order valence-electron chi connectivity index (χ3n) is 3.42. The molecule has 1 fully saturated rings. The van der Waals surface area contributed by atoms with Crippen molar-refractivity contribution in [2.75, 3.05) is 16.8 Å². The van der Waals surface area contributed by atoms with Crippen LogP contribution in [-0.4, -0.2) is 27.3 Å². The number of nitrogens with zero attached hydrogens (tertiary/aromatic N) is 2. The Balaban J connectivity index is 2.03. The lowest BCUT2D eigenvalue weighted by Crippen LogP contribution is -2.29. The molecule has 0 aromatic carbocycles. The van der Waals surface area contributed by atoms with Gasteiger partial charge in [0.25, 0.3) is 5.56 Å². The topological polar surface area (TPSA) is 46.9 Å². The first-order valence-electron chi connectivity index (χ1n) is 7.21. The van der Waals surface area contributed by atoms with Crippen LogP contribution in [0.3, 0.4) is 0 Å². The molecule has 1 aromatic rings. The molecule has 1 aliphatic rings. The van der Waals surface area contributed by atoms with Crippen LogP contribution in [0.2, 0.25) is 5.02 Å². The van der Waals surface area contributed by atoms with Gasteiger partial charge in [0.1, 0.15) is 5.69 Å². The lowest BCUT2D eigenvalue weighted by molar-refractivity contribution is 0.534. The highest BCUT2D eigenvalue weighted by Crippen LogP contribution is 2.30. The Kier molecular flexibility index (Phi) is 5.78. The van der Waals surface area contributed by atoms with E-state index in [4.69, 9.17) is 11.6 Å². The Bertz CT molecular complexity index is 502. The molecule has 4 nitrogen and oxygen atoms in total. The predicted molar refractivity (Wildman–Crippen MR) is 86.9 cm³/mol. The first-order chi connectivity index (χ1) is 9.61. The number of halogens is 1. The number of anilines is 1. The molecule has 1 unspecified atom stereocenters. The Morgan fingerprint density at radius 2 is 2.35 bits per heavy atom. The third kappa shape index (κ3) is 4.42. The van der Waals surface area contributed by atoms with Crippen LogP contribution in [0.15, 0.2) is 11.0 Å². The largest absolute Gasteiger partial charge is 0.377 e. The van der Waals surface area contributed by atoms with Gasteiger partial charge in [-0.05, 0) is 43.6 Å². The predicted octanol–water partition coefficient (Wildman–Crippen LogP) is 3.25. The van der Waals surface area contributed by atoms with E-state index in [1.807, 2.05) is 11.8 Å². The van der Waals surface area contributed by atoms with Crippen molar-refractivity contribution in [2.45, 2.75) is 45.7 Å². The average Bonchev–Trinajstić information content (AvgIpc) is 3.22. The Morgan fingerprint density at radius 1 is 1.60 bits per heavy atom. The van der Waals surface area contributed by atoms with Crippen molar-refractivity contribution in [3.8, 4) is 0 Å². The summed E-state index contributed by atoms with van der Waals surface area (Å²) in [6, 6.07) is 0.232. The molecule has 112 valence electrons. The molecule has 1 saturated carbocycles. The zero-order valence-electron chi connectivity index (χ0n) is 12.1. The van der Waals surface area contributed by atoms with Gasteiger partial charge < -0.3 is 5.32 Å². The van der Waals surface area contributed by atoms with E-state index in [9.17, 15) is 4.79 Å². The molecule has 1 N–H and O–H groups in total. The summed E-state index contributed by atoms with van der Waals surface area (Å²) in [5, 5.41) is 7.80. The maximum atomic E-state index is 12.4. The van der Waals surface area contributed by atoms with Crippen molar-refractivity contribution in [1.82, 2.24) is 9.78 Å². The van der Waals surface area contributed by atoms with Gasteiger partial charge in [-0.15, -0.1) is 0 Å². The lowest BCUT2D eigenvalue weighted by Gasteiger charge is -2.16. The number of nitrogens with one attached hydrogen (secondary N) is 1. The minimum absolute atomic E-state index is 0.0978. The van der Waals surface area contributed by atoms with Crippen LogP contribution in [-0.2, 0) is 6.54 Å². The van der Waals surface area contributed by atoms with Crippen molar-refractivity contribution in [1.29, 1.82) is 0 Å². The van der Waals surface area contributed by atoms with E-state index in [1.165, 1.54) is 12.8 Å². The first-order valence-corrected chi connectivity index (χ1v) is 8.75. The molecule has 0 spiro atoms. The summed E-state index contributed by atoms with van der Waals surface area (Å²) in [6.45, 7) is 4.95. The molecule has 1 aromatic heterocycles. The normalized spacial score (nSPS) is 16.1. The summed E-state index contributed by atoms with van der Waals surface area (Å²) in [6.07, 6.45) is 4.98. The highest BCUT2D eigenvalue weighted by Gasteiger charge is 2.23. The molecule has 1 aliphatic carbocycles. The van der Waals surface area contributed by atoms with E-state index >= 15 is 0 Å². The molecule has 20 heavy (non-hydrogen) atoms. The highest BCUT2D eigenvalue weighted by molar-refractivity contribution is 7.99. The van der Waals surface area contributed by atoms with Crippen LogP contribution in [0.5, 0.6) is 0 Å². The van der Waals surface area contributed by atoms with Crippen molar-refractivity contribution in [3.63, 3.8) is 0 Å². The summed E-state index contributed by atoms with van der Waals surface area (Å²) >= 11 is 8.02. The van der Waals surface area contributed by atoms with Crippen molar-refractivity contribution < 1.29 is 0 Å². The Hall–Kier alpha value is -0.680. The quantitative estimate of drug-likeness (QED) is 0.748. The van der Waals surface area contributed by atoms with E-state index in [0.717, 1.165) is 17.9 Å². The molecular formula is C14H22ClN3OS. The van der Waals surface area contributed by atoms with Crippen LogP contribution < -0.4 is 10.9 Å².